The number of aryl methyl sites for hydroxylation is 2. The van der Waals surface area contributed by atoms with Gasteiger partial charge in [-0.3, -0.25) is 9.59 Å². The minimum Gasteiger partial charge on any atom is -0.481 e. The standard InChI is InChI=1S/C14H22N2O4/c1-4-11(7-14(18)19)8-15-13(17)6-5-12-9(2)16-20-10(12)3/h11H,4-8H2,1-3H3,(H,15,17)(H,18,19). The molecule has 0 spiro atoms. The lowest BCUT2D eigenvalue weighted by atomic mass is 10.0. The third kappa shape index (κ3) is 5.03. The van der Waals surface area contributed by atoms with Crippen LogP contribution in [0.4, 0.5) is 0 Å². The van der Waals surface area contributed by atoms with Gasteiger partial charge >= 0.3 is 5.97 Å². The molecule has 1 unspecified atom stereocenters. The fraction of sp³-hybridized carbons (Fsp3) is 0.643. The van der Waals surface area contributed by atoms with Crippen LogP contribution in [0.1, 0.15) is 43.2 Å². The number of carboxylic acid groups (broad SMARTS) is 1. The van der Waals surface area contributed by atoms with Crippen LogP contribution in [0, 0.1) is 19.8 Å². The van der Waals surface area contributed by atoms with Crippen molar-refractivity contribution in [3.8, 4) is 0 Å². The van der Waals surface area contributed by atoms with Crippen LogP contribution in [-0.4, -0.2) is 28.7 Å². The van der Waals surface area contributed by atoms with Gasteiger partial charge in [-0.1, -0.05) is 18.5 Å². The number of amides is 1. The number of nitrogens with one attached hydrogen (secondary N) is 1. The van der Waals surface area contributed by atoms with Crippen molar-refractivity contribution in [3.63, 3.8) is 0 Å². The van der Waals surface area contributed by atoms with E-state index in [-0.39, 0.29) is 18.2 Å². The van der Waals surface area contributed by atoms with E-state index in [4.69, 9.17) is 9.63 Å². The van der Waals surface area contributed by atoms with Crippen LogP contribution in [-0.2, 0) is 16.0 Å². The molecule has 0 aliphatic carbocycles. The maximum absolute atomic E-state index is 11.8. The summed E-state index contributed by atoms with van der Waals surface area (Å²) in [6.07, 6.45) is 1.76. The predicted molar refractivity (Wildman–Crippen MR) is 73.3 cm³/mol. The molecule has 1 amide bonds. The molecule has 0 fully saturated rings. The first-order valence-electron chi connectivity index (χ1n) is 6.84. The third-order valence-electron chi connectivity index (χ3n) is 3.41. The average Bonchev–Trinajstić information content (AvgIpc) is 2.71. The van der Waals surface area contributed by atoms with Gasteiger partial charge in [-0.05, 0) is 26.2 Å². The Labute approximate surface area is 118 Å². The zero-order valence-electron chi connectivity index (χ0n) is 12.2. The highest BCUT2D eigenvalue weighted by Crippen LogP contribution is 2.14. The van der Waals surface area contributed by atoms with Gasteiger partial charge in [-0.25, -0.2) is 0 Å². The number of carbonyl (C=O) groups is 2. The molecule has 0 aliphatic heterocycles. The molecule has 1 rings (SSSR count). The molecule has 20 heavy (non-hydrogen) atoms. The van der Waals surface area contributed by atoms with Gasteiger partial charge in [0.15, 0.2) is 0 Å². The molecule has 0 saturated heterocycles. The van der Waals surface area contributed by atoms with Crippen molar-refractivity contribution in [1.29, 1.82) is 0 Å². The van der Waals surface area contributed by atoms with E-state index in [0.717, 1.165) is 23.4 Å². The zero-order chi connectivity index (χ0) is 15.1. The van der Waals surface area contributed by atoms with Gasteiger partial charge in [0, 0.05) is 24.9 Å². The highest BCUT2D eigenvalue weighted by Gasteiger charge is 2.14. The van der Waals surface area contributed by atoms with E-state index in [2.05, 4.69) is 10.5 Å². The van der Waals surface area contributed by atoms with Crippen molar-refractivity contribution in [3.05, 3.63) is 17.0 Å². The Morgan fingerprint density at radius 3 is 2.60 bits per heavy atom. The summed E-state index contributed by atoms with van der Waals surface area (Å²) in [6, 6.07) is 0. The van der Waals surface area contributed by atoms with Crippen molar-refractivity contribution in [2.24, 2.45) is 5.92 Å². The summed E-state index contributed by atoms with van der Waals surface area (Å²) in [4.78, 5) is 22.4. The largest absolute Gasteiger partial charge is 0.481 e. The quantitative estimate of drug-likeness (QED) is 0.759. The monoisotopic (exact) mass is 282 g/mol. The summed E-state index contributed by atoms with van der Waals surface area (Å²) in [5, 5.41) is 15.4. The second kappa shape index (κ2) is 7.67. The van der Waals surface area contributed by atoms with Gasteiger partial charge in [0.05, 0.1) is 5.69 Å². The Morgan fingerprint density at radius 1 is 1.40 bits per heavy atom. The minimum absolute atomic E-state index is 0.0180. The lowest BCUT2D eigenvalue weighted by Gasteiger charge is -2.13. The molecular formula is C14H22N2O4. The molecule has 2 N–H and O–H groups in total. The number of nitrogens with zero attached hydrogens (tertiary/aromatic N) is 1. The maximum Gasteiger partial charge on any atom is 0.303 e. The molecule has 6 heteroatoms. The van der Waals surface area contributed by atoms with E-state index in [0.29, 0.717) is 19.4 Å². The number of carboxylic acids is 1. The van der Waals surface area contributed by atoms with Crippen molar-refractivity contribution >= 4 is 11.9 Å². The summed E-state index contributed by atoms with van der Waals surface area (Å²) in [6.45, 7) is 6.00. The fourth-order valence-corrected chi connectivity index (χ4v) is 2.05. The number of aliphatic carboxylic acids is 1. The number of rotatable bonds is 8. The van der Waals surface area contributed by atoms with E-state index < -0.39 is 5.97 Å². The van der Waals surface area contributed by atoms with E-state index in [9.17, 15) is 9.59 Å². The molecule has 1 aromatic heterocycles. The average molecular weight is 282 g/mol. The normalized spacial score (nSPS) is 12.2. The Morgan fingerprint density at radius 2 is 2.10 bits per heavy atom. The van der Waals surface area contributed by atoms with E-state index in [1.807, 2.05) is 20.8 Å². The molecule has 6 nitrogen and oxygen atoms in total. The second-order valence-corrected chi connectivity index (χ2v) is 4.98. The Hall–Kier alpha value is -1.85. The smallest absolute Gasteiger partial charge is 0.303 e. The number of hydrogen-bond donors (Lipinski definition) is 2. The summed E-state index contributed by atoms with van der Waals surface area (Å²) >= 11 is 0. The minimum atomic E-state index is -0.832. The third-order valence-corrected chi connectivity index (χ3v) is 3.41. The summed E-state index contributed by atoms with van der Waals surface area (Å²) in [5.41, 5.74) is 1.78. The van der Waals surface area contributed by atoms with E-state index >= 15 is 0 Å². The number of hydrogen-bond acceptors (Lipinski definition) is 4. The van der Waals surface area contributed by atoms with Crippen LogP contribution in [0.15, 0.2) is 4.52 Å². The summed E-state index contributed by atoms with van der Waals surface area (Å²) in [5.74, 6) is -0.182. The van der Waals surface area contributed by atoms with Crippen molar-refractivity contribution in [2.75, 3.05) is 6.54 Å². The van der Waals surface area contributed by atoms with Crippen LogP contribution < -0.4 is 5.32 Å². The lowest BCUT2D eigenvalue weighted by Crippen LogP contribution is -2.30. The summed E-state index contributed by atoms with van der Waals surface area (Å²) < 4.78 is 5.04. The SMILES string of the molecule is CCC(CNC(=O)CCc1c(C)noc1C)CC(=O)O. The van der Waals surface area contributed by atoms with Gasteiger partial charge < -0.3 is 14.9 Å². The maximum atomic E-state index is 11.8. The van der Waals surface area contributed by atoms with Gasteiger partial charge in [-0.2, -0.15) is 0 Å². The Kier molecular flexibility index (Phi) is 6.21. The zero-order valence-corrected chi connectivity index (χ0v) is 12.2. The van der Waals surface area contributed by atoms with Crippen LogP contribution in [0.2, 0.25) is 0 Å². The number of carbonyl (C=O) groups excluding carboxylic acids is 1. The van der Waals surface area contributed by atoms with Crippen LogP contribution in [0.5, 0.6) is 0 Å². The van der Waals surface area contributed by atoms with Gasteiger partial charge in [0.2, 0.25) is 5.91 Å². The first-order chi connectivity index (χ1) is 9.43. The molecular weight excluding hydrogens is 260 g/mol. The van der Waals surface area contributed by atoms with Crippen LogP contribution in [0.25, 0.3) is 0 Å². The van der Waals surface area contributed by atoms with Crippen molar-refractivity contribution < 1.29 is 19.2 Å². The Bertz CT molecular complexity index is 448. The van der Waals surface area contributed by atoms with Gasteiger partial charge in [-0.15, -0.1) is 0 Å². The Balaban J connectivity index is 2.35. The molecule has 0 radical (unpaired) electrons. The first-order valence-corrected chi connectivity index (χ1v) is 6.84. The molecule has 1 aromatic rings. The predicted octanol–water partition coefficient (Wildman–Crippen LogP) is 1.84. The van der Waals surface area contributed by atoms with Crippen molar-refractivity contribution in [2.45, 2.75) is 46.5 Å². The molecule has 1 heterocycles. The van der Waals surface area contributed by atoms with Gasteiger partial charge in [0.25, 0.3) is 0 Å². The fourth-order valence-electron chi connectivity index (χ4n) is 2.05. The first kappa shape index (κ1) is 16.2. The number of aromatic nitrogens is 1. The van der Waals surface area contributed by atoms with E-state index in [1.54, 1.807) is 0 Å². The van der Waals surface area contributed by atoms with Gasteiger partial charge in [0.1, 0.15) is 5.76 Å². The van der Waals surface area contributed by atoms with Crippen molar-refractivity contribution in [1.82, 2.24) is 10.5 Å². The lowest BCUT2D eigenvalue weighted by molar-refractivity contribution is -0.138. The highest BCUT2D eigenvalue weighted by atomic mass is 16.5. The molecule has 0 bridgehead atoms. The second-order valence-electron chi connectivity index (χ2n) is 4.98. The molecule has 0 aliphatic rings. The topological polar surface area (TPSA) is 92.4 Å². The molecule has 1 atom stereocenters. The molecule has 0 saturated carbocycles. The highest BCUT2D eigenvalue weighted by molar-refractivity contribution is 5.76. The van der Waals surface area contributed by atoms with E-state index in [1.165, 1.54) is 0 Å². The molecule has 0 aromatic carbocycles. The molecule has 112 valence electrons. The van der Waals surface area contributed by atoms with Crippen LogP contribution >= 0.6 is 0 Å². The van der Waals surface area contributed by atoms with Crippen LogP contribution in [0.3, 0.4) is 0 Å². The summed E-state index contributed by atoms with van der Waals surface area (Å²) in [7, 11) is 0.